The molecule has 0 radical (unpaired) electrons. The van der Waals surface area contributed by atoms with Crippen molar-refractivity contribution in [3.05, 3.63) is 0 Å². The first-order valence-corrected chi connectivity index (χ1v) is 5.40. The minimum absolute atomic E-state index is 0.0346. The van der Waals surface area contributed by atoms with Crippen LogP contribution < -0.4 is 16.4 Å². The van der Waals surface area contributed by atoms with E-state index in [4.69, 9.17) is 5.73 Å². The summed E-state index contributed by atoms with van der Waals surface area (Å²) in [4.78, 5) is 22.6. The van der Waals surface area contributed by atoms with Crippen molar-refractivity contribution in [2.75, 3.05) is 19.6 Å². The Morgan fingerprint density at radius 2 is 1.93 bits per heavy atom. The Morgan fingerprint density at radius 3 is 2.40 bits per heavy atom. The smallest absolute Gasteiger partial charge is 0.239 e. The molecule has 0 heterocycles. The van der Waals surface area contributed by atoms with E-state index in [0.717, 1.165) is 12.8 Å². The van der Waals surface area contributed by atoms with Crippen LogP contribution in [0.5, 0.6) is 0 Å². The molecule has 0 spiro atoms. The zero-order chi connectivity index (χ0) is 11.7. The Morgan fingerprint density at radius 1 is 1.27 bits per heavy atom. The maximum absolute atomic E-state index is 11.5. The van der Waals surface area contributed by atoms with Crippen LogP contribution in [0.4, 0.5) is 0 Å². The third-order valence-electron chi connectivity index (χ3n) is 2.09. The lowest BCUT2D eigenvalue weighted by Crippen LogP contribution is -2.41. The first kappa shape index (κ1) is 13.9. The second-order valence-electron chi connectivity index (χ2n) is 3.39. The predicted molar refractivity (Wildman–Crippen MR) is 59.1 cm³/mol. The van der Waals surface area contributed by atoms with Crippen LogP contribution in [0.25, 0.3) is 0 Å². The summed E-state index contributed by atoms with van der Waals surface area (Å²) >= 11 is 0. The highest BCUT2D eigenvalue weighted by atomic mass is 16.2. The molecule has 5 nitrogen and oxygen atoms in total. The fourth-order valence-electron chi connectivity index (χ4n) is 1.28. The topological polar surface area (TPSA) is 84.2 Å². The van der Waals surface area contributed by atoms with Crippen molar-refractivity contribution >= 4 is 11.8 Å². The Labute approximate surface area is 90.8 Å². The van der Waals surface area contributed by atoms with E-state index in [2.05, 4.69) is 10.6 Å². The van der Waals surface area contributed by atoms with Crippen LogP contribution in [-0.4, -0.2) is 31.4 Å². The number of nitrogens with two attached hydrogens (primary N) is 1. The Bertz CT molecular complexity index is 207. The second-order valence-corrected chi connectivity index (χ2v) is 3.39. The molecule has 0 aliphatic rings. The van der Waals surface area contributed by atoms with E-state index < -0.39 is 0 Å². The average Bonchev–Trinajstić information content (AvgIpc) is 2.23. The van der Waals surface area contributed by atoms with Crippen molar-refractivity contribution in [1.29, 1.82) is 0 Å². The lowest BCUT2D eigenvalue weighted by atomic mass is 10.0. The van der Waals surface area contributed by atoms with E-state index in [9.17, 15) is 9.59 Å². The number of rotatable bonds is 7. The summed E-state index contributed by atoms with van der Waals surface area (Å²) in [5.41, 5.74) is 5.46. The van der Waals surface area contributed by atoms with Crippen LogP contribution >= 0.6 is 0 Å². The lowest BCUT2D eigenvalue weighted by Gasteiger charge is -2.13. The van der Waals surface area contributed by atoms with Crippen molar-refractivity contribution in [3.63, 3.8) is 0 Å². The van der Waals surface area contributed by atoms with Gasteiger partial charge in [0.2, 0.25) is 11.8 Å². The molecule has 1 unspecified atom stereocenters. The molecular formula is C10H21N3O2. The van der Waals surface area contributed by atoms with Gasteiger partial charge >= 0.3 is 0 Å². The first-order valence-electron chi connectivity index (χ1n) is 5.40. The molecular weight excluding hydrogens is 194 g/mol. The van der Waals surface area contributed by atoms with Crippen molar-refractivity contribution < 1.29 is 9.59 Å². The van der Waals surface area contributed by atoms with E-state index in [1.54, 1.807) is 0 Å². The fourth-order valence-corrected chi connectivity index (χ4v) is 1.28. The number of carbonyl (C=O) groups excluding carboxylic acids is 2. The molecule has 1 atom stereocenters. The SMILES string of the molecule is CCCC(CN)C(=O)NCC(=O)NCC. The van der Waals surface area contributed by atoms with Gasteiger partial charge in [0, 0.05) is 13.1 Å². The fraction of sp³-hybridized carbons (Fsp3) is 0.800. The van der Waals surface area contributed by atoms with Gasteiger partial charge < -0.3 is 16.4 Å². The van der Waals surface area contributed by atoms with Gasteiger partial charge in [-0.15, -0.1) is 0 Å². The maximum atomic E-state index is 11.5. The number of amides is 2. The van der Waals surface area contributed by atoms with Crippen molar-refractivity contribution in [3.8, 4) is 0 Å². The highest BCUT2D eigenvalue weighted by Crippen LogP contribution is 2.03. The molecule has 2 amide bonds. The summed E-state index contributed by atoms with van der Waals surface area (Å²) in [5, 5.41) is 5.18. The van der Waals surface area contributed by atoms with Gasteiger partial charge in [-0.25, -0.2) is 0 Å². The summed E-state index contributed by atoms with van der Waals surface area (Å²) in [5.74, 6) is -0.479. The van der Waals surface area contributed by atoms with E-state index >= 15 is 0 Å². The third-order valence-corrected chi connectivity index (χ3v) is 2.09. The molecule has 0 aromatic carbocycles. The minimum Gasteiger partial charge on any atom is -0.355 e. The Hall–Kier alpha value is -1.10. The van der Waals surface area contributed by atoms with Gasteiger partial charge in [-0.1, -0.05) is 13.3 Å². The third kappa shape index (κ3) is 6.06. The molecule has 4 N–H and O–H groups in total. The molecule has 0 bridgehead atoms. The molecule has 0 saturated heterocycles. The quantitative estimate of drug-likeness (QED) is 0.541. The van der Waals surface area contributed by atoms with Gasteiger partial charge in [0.05, 0.1) is 12.5 Å². The lowest BCUT2D eigenvalue weighted by molar-refractivity contribution is -0.128. The summed E-state index contributed by atoms with van der Waals surface area (Å²) in [7, 11) is 0. The van der Waals surface area contributed by atoms with Crippen molar-refractivity contribution in [2.45, 2.75) is 26.7 Å². The molecule has 0 aliphatic carbocycles. The predicted octanol–water partition coefficient (Wildman–Crippen LogP) is -0.386. The highest BCUT2D eigenvalue weighted by molar-refractivity contribution is 5.85. The van der Waals surface area contributed by atoms with Crippen LogP contribution in [0, 0.1) is 5.92 Å². The monoisotopic (exact) mass is 215 g/mol. The molecule has 88 valence electrons. The van der Waals surface area contributed by atoms with Gasteiger partial charge in [-0.05, 0) is 13.3 Å². The highest BCUT2D eigenvalue weighted by Gasteiger charge is 2.15. The number of nitrogens with one attached hydrogen (secondary N) is 2. The van der Waals surface area contributed by atoms with Gasteiger partial charge in [0.25, 0.3) is 0 Å². The number of carbonyl (C=O) groups is 2. The standard InChI is InChI=1S/C10H21N3O2/c1-3-5-8(6-11)10(15)13-7-9(14)12-4-2/h8H,3-7,11H2,1-2H3,(H,12,14)(H,13,15). The normalized spacial score (nSPS) is 11.9. The second kappa shape index (κ2) is 8.23. The molecule has 0 saturated carbocycles. The molecule has 15 heavy (non-hydrogen) atoms. The van der Waals surface area contributed by atoms with Crippen LogP contribution in [0.3, 0.4) is 0 Å². The van der Waals surface area contributed by atoms with E-state index in [1.807, 2.05) is 13.8 Å². The summed E-state index contributed by atoms with van der Waals surface area (Å²) in [6, 6.07) is 0. The maximum Gasteiger partial charge on any atom is 0.239 e. The molecule has 0 aromatic rings. The van der Waals surface area contributed by atoms with Gasteiger partial charge in [0.1, 0.15) is 0 Å². The first-order chi connectivity index (χ1) is 7.15. The van der Waals surface area contributed by atoms with E-state index in [0.29, 0.717) is 13.1 Å². The van der Waals surface area contributed by atoms with E-state index in [-0.39, 0.29) is 24.3 Å². The van der Waals surface area contributed by atoms with Gasteiger partial charge in [-0.3, -0.25) is 9.59 Å². The van der Waals surface area contributed by atoms with Crippen LogP contribution in [0.2, 0.25) is 0 Å². The zero-order valence-electron chi connectivity index (χ0n) is 9.51. The van der Waals surface area contributed by atoms with Gasteiger partial charge in [0.15, 0.2) is 0 Å². The van der Waals surface area contributed by atoms with E-state index in [1.165, 1.54) is 0 Å². The van der Waals surface area contributed by atoms with Crippen LogP contribution in [0.15, 0.2) is 0 Å². The zero-order valence-corrected chi connectivity index (χ0v) is 9.51. The number of likely N-dealkylation sites (N-methyl/N-ethyl adjacent to an activating group) is 1. The van der Waals surface area contributed by atoms with Crippen LogP contribution in [-0.2, 0) is 9.59 Å². The Balaban J connectivity index is 3.84. The number of hydrogen-bond donors (Lipinski definition) is 3. The van der Waals surface area contributed by atoms with Crippen molar-refractivity contribution in [2.24, 2.45) is 11.7 Å². The van der Waals surface area contributed by atoms with Crippen LogP contribution in [0.1, 0.15) is 26.7 Å². The largest absolute Gasteiger partial charge is 0.355 e. The molecule has 0 aliphatic heterocycles. The summed E-state index contributed by atoms with van der Waals surface area (Å²) < 4.78 is 0. The summed E-state index contributed by atoms with van der Waals surface area (Å²) in [6.07, 6.45) is 1.67. The summed E-state index contributed by atoms with van der Waals surface area (Å²) in [6.45, 7) is 4.77. The molecule has 0 fully saturated rings. The minimum atomic E-state index is -0.176. The molecule has 5 heteroatoms. The van der Waals surface area contributed by atoms with Gasteiger partial charge in [-0.2, -0.15) is 0 Å². The van der Waals surface area contributed by atoms with Crippen molar-refractivity contribution in [1.82, 2.24) is 10.6 Å². The number of hydrogen-bond acceptors (Lipinski definition) is 3. The molecule has 0 aromatic heterocycles. The Kier molecular flexibility index (Phi) is 7.62. The molecule has 0 rings (SSSR count). The average molecular weight is 215 g/mol.